The number of nitrogens with one attached hydrogen (secondary N) is 2. The number of thiophene rings is 1. The predicted molar refractivity (Wildman–Crippen MR) is 109 cm³/mol. The van der Waals surface area contributed by atoms with Crippen molar-refractivity contribution in [3.63, 3.8) is 0 Å². The van der Waals surface area contributed by atoms with E-state index in [4.69, 9.17) is 0 Å². The minimum atomic E-state index is -3.12. The number of nitrogens with zero attached hydrogens (tertiary/aromatic N) is 2. The first-order chi connectivity index (χ1) is 13.3. The second-order valence-electron chi connectivity index (χ2n) is 7.54. The highest BCUT2D eigenvalue weighted by molar-refractivity contribution is 7.88. The van der Waals surface area contributed by atoms with Gasteiger partial charge in [0.2, 0.25) is 10.0 Å². The summed E-state index contributed by atoms with van der Waals surface area (Å²) in [4.78, 5) is 26.3. The van der Waals surface area contributed by atoms with E-state index in [-0.39, 0.29) is 18.0 Å². The van der Waals surface area contributed by atoms with E-state index in [1.54, 1.807) is 4.90 Å². The first-order valence-corrected chi connectivity index (χ1v) is 12.4. The zero-order valence-corrected chi connectivity index (χ0v) is 17.7. The Morgan fingerprint density at radius 1 is 1.14 bits per heavy atom. The highest BCUT2D eigenvalue weighted by Gasteiger charge is 2.27. The Bertz CT molecular complexity index is 766. The molecule has 156 valence electrons. The summed E-state index contributed by atoms with van der Waals surface area (Å²) >= 11 is 1.50. The van der Waals surface area contributed by atoms with Crippen LogP contribution in [0.2, 0.25) is 0 Å². The van der Waals surface area contributed by atoms with Crippen LogP contribution in [0.4, 0.5) is 4.79 Å². The van der Waals surface area contributed by atoms with Crippen molar-refractivity contribution in [2.24, 2.45) is 5.92 Å². The Hall–Kier alpha value is -1.65. The Kier molecular flexibility index (Phi) is 6.95. The maximum atomic E-state index is 12.4. The van der Waals surface area contributed by atoms with Gasteiger partial charge in [0.25, 0.3) is 5.91 Å². The minimum Gasteiger partial charge on any atom is -0.349 e. The van der Waals surface area contributed by atoms with Crippen LogP contribution in [-0.4, -0.2) is 74.6 Å². The molecule has 0 radical (unpaired) electrons. The highest BCUT2D eigenvalue weighted by atomic mass is 32.2. The van der Waals surface area contributed by atoms with Crippen LogP contribution in [0.1, 0.15) is 36.0 Å². The Labute approximate surface area is 170 Å². The molecule has 0 saturated carbocycles. The summed E-state index contributed by atoms with van der Waals surface area (Å²) in [7, 11) is -3.12. The van der Waals surface area contributed by atoms with Crippen molar-refractivity contribution in [3.8, 4) is 0 Å². The lowest BCUT2D eigenvalue weighted by Crippen LogP contribution is -2.50. The third-order valence-electron chi connectivity index (χ3n) is 5.49. The van der Waals surface area contributed by atoms with Gasteiger partial charge in [0.15, 0.2) is 0 Å². The first-order valence-electron chi connectivity index (χ1n) is 9.64. The van der Waals surface area contributed by atoms with Crippen molar-refractivity contribution in [1.82, 2.24) is 19.8 Å². The zero-order valence-electron chi connectivity index (χ0n) is 16.1. The van der Waals surface area contributed by atoms with Gasteiger partial charge in [0.05, 0.1) is 6.26 Å². The van der Waals surface area contributed by atoms with Crippen LogP contribution in [0.5, 0.6) is 0 Å². The average Bonchev–Trinajstić information content (AvgIpc) is 3.21. The number of rotatable bonds is 5. The van der Waals surface area contributed by atoms with Crippen molar-refractivity contribution in [3.05, 3.63) is 22.4 Å². The molecule has 0 bridgehead atoms. The molecule has 3 amide bonds. The van der Waals surface area contributed by atoms with Gasteiger partial charge >= 0.3 is 6.03 Å². The fourth-order valence-corrected chi connectivity index (χ4v) is 5.19. The molecule has 0 aliphatic carbocycles. The lowest BCUT2D eigenvalue weighted by molar-refractivity contribution is 0.0918. The molecule has 2 aliphatic heterocycles. The van der Waals surface area contributed by atoms with E-state index in [9.17, 15) is 18.0 Å². The molecular weight excluding hydrogens is 400 g/mol. The van der Waals surface area contributed by atoms with Crippen molar-refractivity contribution >= 4 is 33.3 Å². The average molecular weight is 429 g/mol. The second kappa shape index (κ2) is 9.23. The minimum absolute atomic E-state index is 0.0513. The molecule has 2 aliphatic rings. The highest BCUT2D eigenvalue weighted by Crippen LogP contribution is 2.19. The van der Waals surface area contributed by atoms with Crippen molar-refractivity contribution in [2.45, 2.75) is 31.7 Å². The SMILES string of the molecule is CS(=O)(=O)N1CCC(CNC(=O)N2CCC(NC(=O)c3ccsc3)CC2)CC1. The van der Waals surface area contributed by atoms with E-state index >= 15 is 0 Å². The van der Waals surface area contributed by atoms with E-state index < -0.39 is 10.0 Å². The van der Waals surface area contributed by atoms with Gasteiger partial charge in [-0.05, 0) is 43.0 Å². The van der Waals surface area contributed by atoms with Gasteiger partial charge in [-0.15, -0.1) is 0 Å². The third-order valence-corrected chi connectivity index (χ3v) is 7.47. The number of piperidine rings is 2. The number of sulfonamides is 1. The van der Waals surface area contributed by atoms with Crippen molar-refractivity contribution in [1.29, 1.82) is 0 Å². The molecule has 8 nitrogen and oxygen atoms in total. The number of carbonyl (C=O) groups is 2. The summed E-state index contributed by atoms with van der Waals surface area (Å²) in [5, 5.41) is 9.74. The summed E-state index contributed by atoms with van der Waals surface area (Å²) in [5.74, 6) is 0.258. The van der Waals surface area contributed by atoms with E-state index in [1.165, 1.54) is 21.9 Å². The quantitative estimate of drug-likeness (QED) is 0.739. The van der Waals surface area contributed by atoms with Gasteiger partial charge in [-0.1, -0.05) is 0 Å². The molecule has 2 N–H and O–H groups in total. The molecule has 3 heterocycles. The lowest BCUT2D eigenvalue weighted by Gasteiger charge is -2.34. The molecule has 2 fully saturated rings. The summed E-state index contributed by atoms with van der Waals surface area (Å²) < 4.78 is 24.6. The van der Waals surface area contributed by atoms with Gasteiger partial charge in [-0.3, -0.25) is 4.79 Å². The second-order valence-corrected chi connectivity index (χ2v) is 10.3. The molecule has 0 spiro atoms. The molecule has 3 rings (SSSR count). The van der Waals surface area contributed by atoms with Crippen LogP contribution in [0.15, 0.2) is 16.8 Å². The molecule has 0 unspecified atom stereocenters. The van der Waals surface area contributed by atoms with Crippen molar-refractivity contribution in [2.75, 3.05) is 39.0 Å². The van der Waals surface area contributed by atoms with E-state index in [1.807, 2.05) is 16.8 Å². The van der Waals surface area contributed by atoms with E-state index in [0.29, 0.717) is 44.2 Å². The standard InChI is InChI=1S/C18H28N4O4S2/c1-28(25,26)22-9-2-14(3-10-22)12-19-18(24)21-7-4-16(5-8-21)20-17(23)15-6-11-27-13-15/h6,11,13-14,16H,2-5,7-10,12H2,1H3,(H,19,24)(H,20,23). The fraction of sp³-hybridized carbons (Fsp3) is 0.667. The summed E-state index contributed by atoms with van der Waals surface area (Å²) in [5.41, 5.74) is 0.687. The zero-order chi connectivity index (χ0) is 20.1. The third kappa shape index (κ3) is 5.68. The van der Waals surface area contributed by atoms with Crippen LogP contribution in [-0.2, 0) is 10.0 Å². The fourth-order valence-electron chi connectivity index (χ4n) is 3.68. The maximum Gasteiger partial charge on any atom is 0.317 e. The number of amides is 3. The van der Waals surface area contributed by atoms with Crippen LogP contribution in [0.25, 0.3) is 0 Å². The molecule has 10 heteroatoms. The van der Waals surface area contributed by atoms with Crippen LogP contribution in [0.3, 0.4) is 0 Å². The Morgan fingerprint density at radius 3 is 2.39 bits per heavy atom. The van der Waals surface area contributed by atoms with E-state index in [0.717, 1.165) is 25.7 Å². The smallest absolute Gasteiger partial charge is 0.317 e. The molecule has 0 aromatic carbocycles. The molecular formula is C18H28N4O4S2. The predicted octanol–water partition coefficient (Wildman–Crippen LogP) is 1.32. The van der Waals surface area contributed by atoms with Crippen LogP contribution >= 0.6 is 11.3 Å². The molecule has 0 atom stereocenters. The van der Waals surface area contributed by atoms with Gasteiger partial charge in [0.1, 0.15) is 0 Å². The summed E-state index contributed by atoms with van der Waals surface area (Å²) in [6, 6.07) is 1.83. The molecule has 1 aromatic rings. The number of hydrogen-bond donors (Lipinski definition) is 2. The van der Waals surface area contributed by atoms with Gasteiger partial charge in [-0.2, -0.15) is 11.3 Å². The Morgan fingerprint density at radius 2 is 1.82 bits per heavy atom. The number of likely N-dealkylation sites (tertiary alicyclic amines) is 1. The van der Waals surface area contributed by atoms with Crippen molar-refractivity contribution < 1.29 is 18.0 Å². The molecule has 28 heavy (non-hydrogen) atoms. The van der Waals surface area contributed by atoms with Gasteiger partial charge < -0.3 is 15.5 Å². The number of urea groups is 1. The van der Waals surface area contributed by atoms with Crippen LogP contribution in [0, 0.1) is 5.92 Å². The lowest BCUT2D eigenvalue weighted by atomic mass is 9.98. The largest absolute Gasteiger partial charge is 0.349 e. The normalized spacial score (nSPS) is 20.1. The molecule has 2 saturated heterocycles. The first kappa shape index (κ1) is 21.1. The van der Waals surface area contributed by atoms with Gasteiger partial charge in [0, 0.05) is 49.7 Å². The summed E-state index contributed by atoms with van der Waals surface area (Å²) in [6.45, 7) is 2.86. The monoisotopic (exact) mass is 428 g/mol. The Balaban J connectivity index is 1.35. The van der Waals surface area contributed by atoms with Crippen LogP contribution < -0.4 is 10.6 Å². The topological polar surface area (TPSA) is 98.8 Å². The van der Waals surface area contributed by atoms with Gasteiger partial charge in [-0.25, -0.2) is 17.5 Å². The number of carbonyl (C=O) groups excluding carboxylic acids is 2. The maximum absolute atomic E-state index is 12.4. The number of hydrogen-bond acceptors (Lipinski definition) is 5. The van der Waals surface area contributed by atoms with E-state index in [2.05, 4.69) is 10.6 Å². The molecule has 1 aromatic heterocycles. The summed E-state index contributed by atoms with van der Waals surface area (Å²) in [6.07, 6.45) is 4.27.